The molecule has 0 bridgehead atoms. The van der Waals surface area contributed by atoms with Gasteiger partial charge in [-0.1, -0.05) is 48.0 Å². The van der Waals surface area contributed by atoms with Crippen LogP contribution < -0.4 is 10.2 Å². The largest absolute Gasteiger partial charge is 0.348 e. The van der Waals surface area contributed by atoms with Crippen LogP contribution in [0.15, 0.2) is 72.8 Å². The third-order valence-corrected chi connectivity index (χ3v) is 6.49. The summed E-state index contributed by atoms with van der Waals surface area (Å²) in [5.74, 6) is 0.809. The number of hydrogen-bond acceptors (Lipinski definition) is 5. The highest BCUT2D eigenvalue weighted by Gasteiger charge is 2.29. The summed E-state index contributed by atoms with van der Waals surface area (Å²) in [6.07, 6.45) is 0. The van der Waals surface area contributed by atoms with Gasteiger partial charge in [0.2, 0.25) is 0 Å². The van der Waals surface area contributed by atoms with Gasteiger partial charge in [0, 0.05) is 52.7 Å². The molecule has 0 saturated carbocycles. The van der Waals surface area contributed by atoms with E-state index in [9.17, 15) is 4.79 Å². The molecule has 1 atom stereocenters. The minimum Gasteiger partial charge on any atom is -0.348 e. The third kappa shape index (κ3) is 4.61. The fraction of sp³-hybridized carbons (Fsp3) is 0.185. The van der Waals surface area contributed by atoms with E-state index in [0.717, 1.165) is 27.8 Å². The molecule has 1 aliphatic heterocycles. The number of nitrogens with zero attached hydrogens (tertiary/aromatic N) is 5. The molecule has 1 N–H and O–H groups in total. The summed E-state index contributed by atoms with van der Waals surface area (Å²) >= 11 is 5.94. The topological polar surface area (TPSA) is 85.2 Å². The van der Waals surface area contributed by atoms with Crippen LogP contribution >= 0.6 is 11.6 Å². The minimum atomic E-state index is -0.133. The predicted molar refractivity (Wildman–Crippen MR) is 139 cm³/mol. The van der Waals surface area contributed by atoms with Crippen LogP contribution in [0.25, 0.3) is 22.0 Å². The Hall–Kier alpha value is -4.15. The maximum atomic E-state index is 12.8. The van der Waals surface area contributed by atoms with Crippen molar-refractivity contribution in [3.63, 3.8) is 0 Å². The number of hydrogen-bond donors (Lipinski definition) is 1. The number of urea groups is 1. The Morgan fingerprint density at radius 2 is 1.71 bits per heavy atom. The maximum Gasteiger partial charge on any atom is 0.321 e. The van der Waals surface area contributed by atoms with Crippen molar-refractivity contribution in [3.8, 4) is 17.3 Å². The van der Waals surface area contributed by atoms with E-state index in [1.807, 2.05) is 35.2 Å². The first-order valence-corrected chi connectivity index (χ1v) is 11.8. The van der Waals surface area contributed by atoms with Gasteiger partial charge in [0.1, 0.15) is 5.69 Å². The number of rotatable bonds is 3. The van der Waals surface area contributed by atoms with Crippen molar-refractivity contribution in [1.29, 1.82) is 5.26 Å². The van der Waals surface area contributed by atoms with Gasteiger partial charge in [0.25, 0.3) is 0 Å². The van der Waals surface area contributed by atoms with Crippen LogP contribution in [0.4, 0.5) is 16.3 Å². The highest BCUT2D eigenvalue weighted by atomic mass is 35.5. The average molecular weight is 483 g/mol. The molecule has 0 aliphatic carbocycles. The number of piperazine rings is 1. The van der Waals surface area contributed by atoms with Gasteiger partial charge < -0.3 is 15.1 Å². The van der Waals surface area contributed by atoms with Gasteiger partial charge in [-0.15, -0.1) is 10.2 Å². The molecule has 7 nitrogen and oxygen atoms in total. The molecule has 4 aromatic rings. The highest BCUT2D eigenvalue weighted by molar-refractivity contribution is 6.30. The SMILES string of the molecule is CC1CN(C(=O)Nc2ccc(Cl)cc2)CCN1c1nnc(-c2ccc(C#N)cc2)c2ccccc12. The molecule has 2 amide bonds. The normalized spacial score (nSPS) is 15.6. The Balaban J connectivity index is 1.38. The number of halogens is 1. The smallest absolute Gasteiger partial charge is 0.321 e. The van der Waals surface area contributed by atoms with Gasteiger partial charge in [0.05, 0.1) is 11.6 Å². The molecule has 1 aliphatic rings. The Labute approximate surface area is 208 Å². The summed E-state index contributed by atoms with van der Waals surface area (Å²) in [6.45, 7) is 3.86. The lowest BCUT2D eigenvalue weighted by Crippen LogP contribution is -2.55. The van der Waals surface area contributed by atoms with E-state index in [1.165, 1.54) is 0 Å². The Morgan fingerprint density at radius 3 is 2.40 bits per heavy atom. The summed E-state index contributed by atoms with van der Waals surface area (Å²) < 4.78 is 0. The van der Waals surface area contributed by atoms with Crippen molar-refractivity contribution in [2.45, 2.75) is 13.0 Å². The summed E-state index contributed by atoms with van der Waals surface area (Å²) in [4.78, 5) is 16.8. The van der Waals surface area contributed by atoms with Crippen molar-refractivity contribution < 1.29 is 4.79 Å². The first-order chi connectivity index (χ1) is 17.0. The van der Waals surface area contributed by atoms with Crippen LogP contribution in [-0.2, 0) is 0 Å². The number of nitrogens with one attached hydrogen (secondary N) is 1. The van der Waals surface area contributed by atoms with Crippen molar-refractivity contribution >= 4 is 39.9 Å². The molecule has 1 unspecified atom stereocenters. The van der Waals surface area contributed by atoms with Gasteiger partial charge in [-0.05, 0) is 43.3 Å². The highest BCUT2D eigenvalue weighted by Crippen LogP contribution is 2.33. The Morgan fingerprint density at radius 1 is 1.00 bits per heavy atom. The second-order valence-corrected chi connectivity index (χ2v) is 8.97. The van der Waals surface area contributed by atoms with Gasteiger partial charge in [-0.2, -0.15) is 5.26 Å². The number of benzene rings is 3. The van der Waals surface area contributed by atoms with Crippen LogP contribution in [0.5, 0.6) is 0 Å². The zero-order chi connectivity index (χ0) is 24.4. The molecular formula is C27H23ClN6O. The molecular weight excluding hydrogens is 460 g/mol. The molecule has 1 fully saturated rings. The summed E-state index contributed by atoms with van der Waals surface area (Å²) in [5, 5.41) is 23.9. The third-order valence-electron chi connectivity index (χ3n) is 6.24. The van der Waals surface area contributed by atoms with E-state index in [2.05, 4.69) is 39.5 Å². The first kappa shape index (κ1) is 22.6. The molecule has 0 radical (unpaired) electrons. The van der Waals surface area contributed by atoms with E-state index in [-0.39, 0.29) is 12.1 Å². The number of fused-ring (bicyclic) bond motifs is 1. The summed E-state index contributed by atoms with van der Waals surface area (Å²) in [6, 6.07) is 24.6. The molecule has 8 heteroatoms. The molecule has 35 heavy (non-hydrogen) atoms. The van der Waals surface area contributed by atoms with E-state index < -0.39 is 0 Å². The summed E-state index contributed by atoms with van der Waals surface area (Å²) in [5.41, 5.74) is 3.01. The van der Waals surface area contributed by atoms with Crippen LogP contribution in [0.1, 0.15) is 12.5 Å². The van der Waals surface area contributed by atoms with E-state index in [0.29, 0.717) is 35.9 Å². The second kappa shape index (κ2) is 9.61. The van der Waals surface area contributed by atoms with Crippen molar-refractivity contribution in [3.05, 3.63) is 83.4 Å². The average Bonchev–Trinajstić information content (AvgIpc) is 2.89. The van der Waals surface area contributed by atoms with Gasteiger partial charge >= 0.3 is 6.03 Å². The number of carbonyl (C=O) groups is 1. The number of amides is 2. The van der Waals surface area contributed by atoms with Crippen LogP contribution in [0.2, 0.25) is 5.02 Å². The fourth-order valence-corrected chi connectivity index (χ4v) is 4.54. The molecule has 3 aromatic carbocycles. The maximum absolute atomic E-state index is 12.8. The summed E-state index contributed by atoms with van der Waals surface area (Å²) in [7, 11) is 0. The van der Waals surface area contributed by atoms with E-state index in [4.69, 9.17) is 16.9 Å². The minimum absolute atomic E-state index is 0.0539. The fourth-order valence-electron chi connectivity index (χ4n) is 4.41. The van der Waals surface area contributed by atoms with Crippen molar-refractivity contribution in [2.75, 3.05) is 29.9 Å². The van der Waals surface area contributed by atoms with E-state index >= 15 is 0 Å². The van der Waals surface area contributed by atoms with E-state index in [1.54, 1.807) is 36.4 Å². The zero-order valence-corrected chi connectivity index (χ0v) is 19.9. The monoisotopic (exact) mass is 482 g/mol. The predicted octanol–water partition coefficient (Wildman–Crippen LogP) is 5.56. The lowest BCUT2D eigenvalue weighted by Gasteiger charge is -2.40. The van der Waals surface area contributed by atoms with Crippen molar-refractivity contribution in [1.82, 2.24) is 15.1 Å². The number of nitriles is 1. The quantitative estimate of drug-likeness (QED) is 0.413. The number of anilines is 2. The van der Waals surface area contributed by atoms with Crippen LogP contribution in [0.3, 0.4) is 0 Å². The lowest BCUT2D eigenvalue weighted by molar-refractivity contribution is 0.200. The molecule has 5 rings (SSSR count). The Bertz CT molecular complexity index is 1410. The van der Waals surface area contributed by atoms with Crippen LogP contribution in [-0.4, -0.2) is 46.8 Å². The first-order valence-electron chi connectivity index (χ1n) is 11.4. The van der Waals surface area contributed by atoms with Crippen molar-refractivity contribution in [2.24, 2.45) is 0 Å². The van der Waals surface area contributed by atoms with Crippen LogP contribution in [0, 0.1) is 11.3 Å². The molecule has 174 valence electrons. The second-order valence-electron chi connectivity index (χ2n) is 8.53. The molecule has 2 heterocycles. The Kier molecular flexibility index (Phi) is 6.21. The van der Waals surface area contributed by atoms with Gasteiger partial charge in [-0.25, -0.2) is 4.79 Å². The molecule has 1 saturated heterocycles. The zero-order valence-electron chi connectivity index (χ0n) is 19.1. The van der Waals surface area contributed by atoms with Gasteiger partial charge in [-0.3, -0.25) is 0 Å². The van der Waals surface area contributed by atoms with Gasteiger partial charge in [0.15, 0.2) is 5.82 Å². The number of carbonyl (C=O) groups excluding carboxylic acids is 1. The lowest BCUT2D eigenvalue weighted by atomic mass is 10.0. The number of aromatic nitrogens is 2. The standard InChI is InChI=1S/C27H23ClN6O/c1-18-17-33(27(35)30-22-12-10-21(28)11-13-22)14-15-34(18)26-24-5-3-2-4-23(24)25(31-32-26)20-8-6-19(16-29)7-9-20/h2-13,18H,14-15,17H2,1H3,(H,30,35). The molecule has 1 aromatic heterocycles. The molecule has 0 spiro atoms.